The van der Waals surface area contributed by atoms with Crippen molar-refractivity contribution in [3.8, 4) is 5.75 Å². The fourth-order valence-electron chi connectivity index (χ4n) is 1.84. The van der Waals surface area contributed by atoms with Gasteiger partial charge >= 0.3 is 0 Å². The number of nitro groups is 2. The summed E-state index contributed by atoms with van der Waals surface area (Å²) in [7, 11) is 0. The van der Waals surface area contributed by atoms with Gasteiger partial charge in [0.25, 0.3) is 11.4 Å². The summed E-state index contributed by atoms with van der Waals surface area (Å²) in [5.74, 6) is -0.359. The lowest BCUT2D eigenvalue weighted by atomic mass is 10.1. The standard InChI is InChI=1S/C15H11N3O6/c19-12-4-1-10(2-5-12)15(20)7-8-16-13-6-3-11(17(21)22)9-14(13)18(23)24/h1-9,16,19H. The number of non-ortho nitro benzene ring substituents is 1. The van der Waals surface area contributed by atoms with Gasteiger partial charge in [-0.25, -0.2) is 0 Å². The van der Waals surface area contributed by atoms with Gasteiger partial charge in [0.1, 0.15) is 11.4 Å². The van der Waals surface area contributed by atoms with Crippen molar-refractivity contribution in [3.05, 3.63) is 80.5 Å². The number of ketones is 1. The number of nitro benzene ring substituents is 2. The van der Waals surface area contributed by atoms with Gasteiger partial charge in [-0.05, 0) is 30.3 Å². The quantitative estimate of drug-likeness (QED) is 0.360. The third-order valence-corrected chi connectivity index (χ3v) is 3.01. The number of anilines is 1. The number of carbonyl (C=O) groups excluding carboxylic acids is 1. The number of hydrogen-bond acceptors (Lipinski definition) is 7. The van der Waals surface area contributed by atoms with Gasteiger partial charge in [-0.1, -0.05) is 0 Å². The Morgan fingerprint density at radius 3 is 2.29 bits per heavy atom. The molecule has 0 bridgehead atoms. The fourth-order valence-corrected chi connectivity index (χ4v) is 1.84. The monoisotopic (exact) mass is 329 g/mol. The maximum atomic E-state index is 11.9. The van der Waals surface area contributed by atoms with Crippen LogP contribution in [0.5, 0.6) is 5.75 Å². The van der Waals surface area contributed by atoms with E-state index in [4.69, 9.17) is 5.11 Å². The van der Waals surface area contributed by atoms with Gasteiger partial charge in [-0.3, -0.25) is 25.0 Å². The summed E-state index contributed by atoms with van der Waals surface area (Å²) in [4.78, 5) is 32.0. The van der Waals surface area contributed by atoms with Gasteiger partial charge in [0.05, 0.1) is 15.9 Å². The van der Waals surface area contributed by atoms with Gasteiger partial charge in [-0.2, -0.15) is 0 Å². The van der Waals surface area contributed by atoms with E-state index < -0.39 is 21.2 Å². The number of hydrogen-bond donors (Lipinski definition) is 2. The van der Waals surface area contributed by atoms with Crippen LogP contribution in [0.2, 0.25) is 0 Å². The Morgan fingerprint density at radius 2 is 1.71 bits per heavy atom. The van der Waals surface area contributed by atoms with Crippen molar-refractivity contribution >= 4 is 22.8 Å². The number of phenolic OH excluding ortho intramolecular Hbond substituents is 1. The third-order valence-electron chi connectivity index (χ3n) is 3.01. The highest BCUT2D eigenvalue weighted by molar-refractivity contribution is 6.04. The molecule has 2 aromatic carbocycles. The molecule has 0 aliphatic carbocycles. The first kappa shape index (κ1) is 16.6. The van der Waals surface area contributed by atoms with E-state index in [-0.39, 0.29) is 17.2 Å². The molecule has 0 aliphatic rings. The molecular weight excluding hydrogens is 318 g/mol. The summed E-state index contributed by atoms with van der Waals surface area (Å²) in [6, 6.07) is 8.70. The molecule has 0 aromatic heterocycles. The summed E-state index contributed by atoms with van der Waals surface area (Å²) < 4.78 is 0. The zero-order valence-corrected chi connectivity index (χ0v) is 12.1. The predicted molar refractivity (Wildman–Crippen MR) is 85.0 cm³/mol. The van der Waals surface area contributed by atoms with Crippen LogP contribution in [-0.4, -0.2) is 20.7 Å². The van der Waals surface area contributed by atoms with Crippen LogP contribution < -0.4 is 5.32 Å². The highest BCUT2D eigenvalue weighted by Gasteiger charge is 2.18. The Balaban J connectivity index is 2.16. The number of aromatic hydroxyl groups is 1. The van der Waals surface area contributed by atoms with Crippen LogP contribution >= 0.6 is 0 Å². The minimum Gasteiger partial charge on any atom is -0.508 e. The molecular formula is C15H11N3O6. The van der Waals surface area contributed by atoms with Gasteiger partial charge in [0, 0.05) is 23.9 Å². The number of benzene rings is 2. The average Bonchev–Trinajstić information content (AvgIpc) is 2.55. The van der Waals surface area contributed by atoms with Crippen molar-refractivity contribution in [3.63, 3.8) is 0 Å². The van der Waals surface area contributed by atoms with Crippen LogP contribution in [0, 0.1) is 20.2 Å². The lowest BCUT2D eigenvalue weighted by molar-refractivity contribution is -0.393. The van der Waals surface area contributed by atoms with Crippen molar-refractivity contribution < 1.29 is 19.7 Å². The molecule has 9 nitrogen and oxygen atoms in total. The molecule has 0 amide bonds. The summed E-state index contributed by atoms with van der Waals surface area (Å²) >= 11 is 0. The minimum atomic E-state index is -0.759. The number of carbonyl (C=O) groups is 1. The summed E-state index contributed by atoms with van der Waals surface area (Å²) in [6.45, 7) is 0. The minimum absolute atomic E-state index is 0.0142. The zero-order valence-electron chi connectivity index (χ0n) is 12.1. The van der Waals surface area contributed by atoms with E-state index in [0.29, 0.717) is 5.56 Å². The maximum absolute atomic E-state index is 11.9. The Kier molecular flexibility index (Phi) is 4.85. The number of rotatable bonds is 6. The summed E-state index contributed by atoms with van der Waals surface area (Å²) in [5.41, 5.74) is -0.549. The van der Waals surface area contributed by atoms with Crippen molar-refractivity contribution in [2.75, 3.05) is 5.32 Å². The first-order valence-corrected chi connectivity index (χ1v) is 6.58. The van der Waals surface area contributed by atoms with Gasteiger partial charge < -0.3 is 10.4 Å². The average molecular weight is 329 g/mol. The molecule has 0 unspecified atom stereocenters. The van der Waals surface area contributed by atoms with E-state index in [0.717, 1.165) is 18.2 Å². The molecule has 24 heavy (non-hydrogen) atoms. The second-order valence-corrected chi connectivity index (χ2v) is 4.60. The maximum Gasteiger partial charge on any atom is 0.299 e. The first-order chi connectivity index (χ1) is 11.4. The molecule has 0 aliphatic heterocycles. The molecule has 2 N–H and O–H groups in total. The van der Waals surface area contributed by atoms with E-state index in [9.17, 15) is 25.0 Å². The Bertz CT molecular complexity index is 830. The zero-order chi connectivity index (χ0) is 17.7. The molecule has 0 radical (unpaired) electrons. The van der Waals surface area contributed by atoms with E-state index in [1.165, 1.54) is 36.5 Å². The summed E-state index contributed by atoms with van der Waals surface area (Å²) in [6.07, 6.45) is 2.35. The van der Waals surface area contributed by atoms with E-state index >= 15 is 0 Å². The van der Waals surface area contributed by atoms with Crippen LogP contribution in [0.4, 0.5) is 17.1 Å². The van der Waals surface area contributed by atoms with Crippen LogP contribution in [0.25, 0.3) is 0 Å². The molecule has 0 fully saturated rings. The predicted octanol–water partition coefficient (Wildman–Crippen LogP) is 3.02. The van der Waals surface area contributed by atoms with Crippen molar-refractivity contribution in [1.29, 1.82) is 0 Å². The number of allylic oxidation sites excluding steroid dienone is 1. The van der Waals surface area contributed by atoms with Crippen LogP contribution in [0.15, 0.2) is 54.7 Å². The molecule has 2 aromatic rings. The van der Waals surface area contributed by atoms with Crippen molar-refractivity contribution in [2.24, 2.45) is 0 Å². The molecule has 0 spiro atoms. The Labute approximate surface area is 135 Å². The molecule has 0 saturated carbocycles. The SMILES string of the molecule is O=C(C=CNc1ccc([N+](=O)[O-])cc1[N+](=O)[O-])c1ccc(O)cc1. The molecule has 2 rings (SSSR count). The fraction of sp³-hybridized carbons (Fsp3) is 0. The van der Waals surface area contributed by atoms with E-state index in [1.54, 1.807) is 0 Å². The molecule has 9 heteroatoms. The van der Waals surface area contributed by atoms with E-state index in [2.05, 4.69) is 5.32 Å². The van der Waals surface area contributed by atoms with Gasteiger partial charge in [0.15, 0.2) is 5.78 Å². The summed E-state index contributed by atoms with van der Waals surface area (Å²) in [5, 5.41) is 33.3. The molecule has 122 valence electrons. The smallest absolute Gasteiger partial charge is 0.299 e. The number of nitrogens with zero attached hydrogens (tertiary/aromatic N) is 2. The van der Waals surface area contributed by atoms with Gasteiger partial charge in [-0.15, -0.1) is 0 Å². The van der Waals surface area contributed by atoms with Crippen LogP contribution in [-0.2, 0) is 0 Å². The molecule has 0 atom stereocenters. The molecule has 0 heterocycles. The third kappa shape index (κ3) is 3.91. The second-order valence-electron chi connectivity index (χ2n) is 4.60. The largest absolute Gasteiger partial charge is 0.508 e. The van der Waals surface area contributed by atoms with E-state index in [1.807, 2.05) is 0 Å². The first-order valence-electron chi connectivity index (χ1n) is 6.58. The normalized spacial score (nSPS) is 10.5. The Hall–Kier alpha value is -3.75. The topological polar surface area (TPSA) is 136 Å². The highest BCUT2D eigenvalue weighted by atomic mass is 16.6. The highest BCUT2D eigenvalue weighted by Crippen LogP contribution is 2.28. The lowest BCUT2D eigenvalue weighted by Gasteiger charge is -2.02. The number of nitrogens with one attached hydrogen (secondary N) is 1. The number of phenols is 1. The van der Waals surface area contributed by atoms with Crippen molar-refractivity contribution in [1.82, 2.24) is 0 Å². The lowest BCUT2D eigenvalue weighted by Crippen LogP contribution is -1.99. The van der Waals surface area contributed by atoms with Gasteiger partial charge in [0.2, 0.25) is 0 Å². The second kappa shape index (κ2) is 7.01. The van der Waals surface area contributed by atoms with Crippen molar-refractivity contribution in [2.45, 2.75) is 0 Å². The van der Waals surface area contributed by atoms with Crippen LogP contribution in [0.3, 0.4) is 0 Å². The molecule has 0 saturated heterocycles. The van der Waals surface area contributed by atoms with Crippen LogP contribution in [0.1, 0.15) is 10.4 Å². The Morgan fingerprint density at radius 1 is 1.04 bits per heavy atom.